The van der Waals surface area contributed by atoms with Crippen molar-refractivity contribution in [2.45, 2.75) is 19.4 Å². The van der Waals surface area contributed by atoms with Gasteiger partial charge >= 0.3 is 0 Å². The highest BCUT2D eigenvalue weighted by Crippen LogP contribution is 2.19. The van der Waals surface area contributed by atoms with Crippen molar-refractivity contribution >= 4 is 16.8 Å². The van der Waals surface area contributed by atoms with Crippen LogP contribution in [0, 0.1) is 0 Å². The van der Waals surface area contributed by atoms with Crippen molar-refractivity contribution in [3.05, 3.63) is 48.7 Å². The van der Waals surface area contributed by atoms with Gasteiger partial charge < -0.3 is 15.6 Å². The Kier molecular flexibility index (Phi) is 4.58. The lowest BCUT2D eigenvalue weighted by Crippen LogP contribution is -2.44. The summed E-state index contributed by atoms with van der Waals surface area (Å²) in [6.45, 7) is 6.80. The van der Waals surface area contributed by atoms with Crippen LogP contribution < -0.4 is 5.73 Å². The zero-order valence-corrected chi connectivity index (χ0v) is 11.8. The van der Waals surface area contributed by atoms with Crippen LogP contribution in [-0.2, 0) is 11.2 Å². The predicted molar refractivity (Wildman–Crippen MR) is 82.4 cm³/mol. The number of aromatic amines is 1. The predicted octanol–water partition coefficient (Wildman–Crippen LogP) is 2.07. The van der Waals surface area contributed by atoms with Crippen LogP contribution in [0.5, 0.6) is 0 Å². The minimum Gasteiger partial charge on any atom is -0.361 e. The van der Waals surface area contributed by atoms with E-state index in [2.05, 4.69) is 11.6 Å². The molecule has 1 amide bonds. The molecular weight excluding hydrogens is 250 g/mol. The van der Waals surface area contributed by atoms with E-state index in [1.165, 1.54) is 0 Å². The minimum atomic E-state index is -0.519. The number of rotatable bonds is 6. The van der Waals surface area contributed by atoms with Crippen LogP contribution >= 0.6 is 0 Å². The van der Waals surface area contributed by atoms with E-state index >= 15 is 0 Å². The van der Waals surface area contributed by atoms with Crippen LogP contribution in [0.1, 0.15) is 12.5 Å². The molecule has 0 aliphatic heterocycles. The molecule has 0 saturated carbocycles. The molecule has 3 N–H and O–H groups in total. The summed E-state index contributed by atoms with van der Waals surface area (Å²) in [6.07, 6.45) is 4.19. The number of H-pyrrole nitrogens is 1. The van der Waals surface area contributed by atoms with Gasteiger partial charge in [0, 0.05) is 30.2 Å². The Balaban J connectivity index is 2.12. The second-order valence-corrected chi connectivity index (χ2v) is 4.84. The van der Waals surface area contributed by atoms with Gasteiger partial charge in [0.05, 0.1) is 6.04 Å². The van der Waals surface area contributed by atoms with Crippen LogP contribution in [0.15, 0.2) is 43.1 Å². The Morgan fingerprint density at radius 1 is 1.50 bits per heavy atom. The number of benzene rings is 1. The number of carbonyl (C=O) groups is 1. The van der Waals surface area contributed by atoms with Gasteiger partial charge in [-0.3, -0.25) is 4.79 Å². The molecule has 1 atom stereocenters. The molecule has 0 fully saturated rings. The maximum atomic E-state index is 12.3. The molecule has 1 unspecified atom stereocenters. The number of nitrogens with two attached hydrogens (primary N) is 1. The fourth-order valence-corrected chi connectivity index (χ4v) is 2.39. The zero-order valence-electron chi connectivity index (χ0n) is 11.8. The largest absolute Gasteiger partial charge is 0.361 e. The lowest BCUT2D eigenvalue weighted by molar-refractivity contribution is -0.131. The lowest BCUT2D eigenvalue weighted by Gasteiger charge is -2.22. The van der Waals surface area contributed by atoms with E-state index in [0.29, 0.717) is 19.5 Å². The number of hydrogen-bond acceptors (Lipinski definition) is 2. The fourth-order valence-electron chi connectivity index (χ4n) is 2.39. The smallest absolute Gasteiger partial charge is 0.240 e. The van der Waals surface area contributed by atoms with Crippen LogP contribution in [0.4, 0.5) is 0 Å². The molecule has 0 saturated heterocycles. The third-order valence-corrected chi connectivity index (χ3v) is 3.47. The zero-order chi connectivity index (χ0) is 14.5. The third-order valence-electron chi connectivity index (χ3n) is 3.47. The van der Waals surface area contributed by atoms with Gasteiger partial charge in [-0.05, 0) is 25.0 Å². The van der Waals surface area contributed by atoms with Gasteiger partial charge in [-0.2, -0.15) is 0 Å². The number of carbonyl (C=O) groups excluding carboxylic acids is 1. The number of aromatic nitrogens is 1. The fraction of sp³-hybridized carbons (Fsp3) is 0.312. The summed E-state index contributed by atoms with van der Waals surface area (Å²) in [5.74, 6) is -0.0299. The van der Waals surface area contributed by atoms with Crippen molar-refractivity contribution in [2.24, 2.45) is 5.73 Å². The highest BCUT2D eigenvalue weighted by Gasteiger charge is 2.20. The van der Waals surface area contributed by atoms with Crippen LogP contribution in [0.25, 0.3) is 10.9 Å². The minimum absolute atomic E-state index is 0.0299. The summed E-state index contributed by atoms with van der Waals surface area (Å²) in [5, 5.41) is 1.13. The van der Waals surface area contributed by atoms with E-state index in [0.717, 1.165) is 16.5 Å². The van der Waals surface area contributed by atoms with E-state index in [9.17, 15) is 4.79 Å². The van der Waals surface area contributed by atoms with Crippen LogP contribution in [0.2, 0.25) is 0 Å². The Hall–Kier alpha value is -2.07. The van der Waals surface area contributed by atoms with Gasteiger partial charge in [0.1, 0.15) is 0 Å². The van der Waals surface area contributed by atoms with Gasteiger partial charge in [0.2, 0.25) is 5.91 Å². The SMILES string of the molecule is C=CCN(CC)C(=O)C(N)Cc1c[nH]c2ccccc12. The number of nitrogens with one attached hydrogen (secondary N) is 1. The van der Waals surface area contributed by atoms with Crippen LogP contribution in [-0.4, -0.2) is 34.9 Å². The third kappa shape index (κ3) is 2.91. The summed E-state index contributed by atoms with van der Waals surface area (Å²) in [7, 11) is 0. The van der Waals surface area contributed by atoms with Crippen molar-refractivity contribution in [1.82, 2.24) is 9.88 Å². The number of likely N-dealkylation sites (N-methyl/N-ethyl adjacent to an activating group) is 1. The van der Waals surface area contributed by atoms with Gasteiger partial charge in [0.15, 0.2) is 0 Å². The molecule has 0 spiro atoms. The topological polar surface area (TPSA) is 62.1 Å². The monoisotopic (exact) mass is 271 g/mol. The first-order valence-electron chi connectivity index (χ1n) is 6.87. The van der Waals surface area contributed by atoms with Crippen molar-refractivity contribution < 1.29 is 4.79 Å². The molecule has 2 rings (SSSR count). The maximum absolute atomic E-state index is 12.3. The van der Waals surface area contributed by atoms with Crippen molar-refractivity contribution in [1.29, 1.82) is 0 Å². The Labute approximate surface area is 119 Å². The second kappa shape index (κ2) is 6.39. The normalized spacial score (nSPS) is 12.3. The Bertz CT molecular complexity index is 603. The molecule has 0 aliphatic carbocycles. The van der Waals surface area contributed by atoms with E-state index in [1.54, 1.807) is 11.0 Å². The van der Waals surface area contributed by atoms with E-state index in [1.807, 2.05) is 37.4 Å². The van der Waals surface area contributed by atoms with E-state index in [4.69, 9.17) is 5.73 Å². The quantitative estimate of drug-likeness (QED) is 0.790. The number of hydrogen-bond donors (Lipinski definition) is 2. The first kappa shape index (κ1) is 14.3. The molecular formula is C16H21N3O. The summed E-state index contributed by atoms with van der Waals surface area (Å²) in [4.78, 5) is 17.2. The Morgan fingerprint density at radius 2 is 2.25 bits per heavy atom. The van der Waals surface area contributed by atoms with Crippen LogP contribution in [0.3, 0.4) is 0 Å². The average molecular weight is 271 g/mol. The number of fused-ring (bicyclic) bond motifs is 1. The van der Waals surface area contributed by atoms with E-state index < -0.39 is 6.04 Å². The van der Waals surface area contributed by atoms with Gasteiger partial charge in [-0.1, -0.05) is 24.3 Å². The molecule has 1 aromatic heterocycles. The average Bonchev–Trinajstić information content (AvgIpc) is 2.87. The number of nitrogens with zero attached hydrogens (tertiary/aromatic N) is 1. The molecule has 1 heterocycles. The van der Waals surface area contributed by atoms with Gasteiger partial charge in [0.25, 0.3) is 0 Å². The highest BCUT2D eigenvalue weighted by molar-refractivity contribution is 5.86. The summed E-state index contributed by atoms with van der Waals surface area (Å²) >= 11 is 0. The summed E-state index contributed by atoms with van der Waals surface area (Å²) in [6, 6.07) is 7.51. The van der Waals surface area contributed by atoms with Crippen molar-refractivity contribution in [3.63, 3.8) is 0 Å². The molecule has 1 aromatic carbocycles. The molecule has 20 heavy (non-hydrogen) atoms. The highest BCUT2D eigenvalue weighted by atomic mass is 16.2. The summed E-state index contributed by atoms with van der Waals surface area (Å²) < 4.78 is 0. The molecule has 0 bridgehead atoms. The first-order chi connectivity index (χ1) is 9.67. The second-order valence-electron chi connectivity index (χ2n) is 4.84. The van der Waals surface area contributed by atoms with Crippen molar-refractivity contribution in [3.8, 4) is 0 Å². The van der Waals surface area contributed by atoms with Crippen molar-refractivity contribution in [2.75, 3.05) is 13.1 Å². The molecule has 2 aromatic rings. The van der Waals surface area contributed by atoms with E-state index in [-0.39, 0.29) is 5.91 Å². The Morgan fingerprint density at radius 3 is 2.95 bits per heavy atom. The van der Waals surface area contributed by atoms with Gasteiger partial charge in [-0.15, -0.1) is 6.58 Å². The molecule has 4 nitrogen and oxygen atoms in total. The molecule has 0 aliphatic rings. The van der Waals surface area contributed by atoms with Gasteiger partial charge in [-0.25, -0.2) is 0 Å². The first-order valence-corrected chi connectivity index (χ1v) is 6.87. The molecule has 106 valence electrons. The lowest BCUT2D eigenvalue weighted by atomic mass is 10.0. The number of amides is 1. The summed E-state index contributed by atoms with van der Waals surface area (Å²) in [5.41, 5.74) is 8.22. The standard InChI is InChI=1S/C16H21N3O/c1-3-9-19(4-2)16(20)14(17)10-12-11-18-15-8-6-5-7-13(12)15/h3,5-8,11,14,18H,1,4,9-10,17H2,2H3. The number of para-hydroxylation sites is 1. The maximum Gasteiger partial charge on any atom is 0.240 e. The molecule has 0 radical (unpaired) electrons. The molecule has 4 heteroatoms.